The maximum atomic E-state index is 9.94. The quantitative estimate of drug-likeness (QED) is 0.515. The fourth-order valence-electron chi connectivity index (χ4n) is 2.27. The Hall–Kier alpha value is -2.14. The highest BCUT2D eigenvalue weighted by molar-refractivity contribution is 5.87. The van der Waals surface area contributed by atoms with Gasteiger partial charge in [-0.05, 0) is 0 Å². The second-order valence-electron chi connectivity index (χ2n) is 4.71. The van der Waals surface area contributed by atoms with E-state index in [0.29, 0.717) is 16.9 Å². The van der Waals surface area contributed by atoms with Crippen molar-refractivity contribution >= 4 is 16.9 Å². The second kappa shape index (κ2) is 5.93. The molecule has 2 aromatic heterocycles. The third kappa shape index (κ3) is 2.41. The lowest BCUT2D eigenvalue weighted by Gasteiger charge is -2.17. The minimum atomic E-state index is -1.22. The number of aliphatic hydroxyl groups excluding tert-OH is 3. The molecule has 1 saturated heterocycles. The molecular weight excluding hydrogens is 294 g/mol. The lowest BCUT2D eigenvalue weighted by atomic mass is 10.1. The maximum absolute atomic E-state index is 9.94. The van der Waals surface area contributed by atoms with Gasteiger partial charge in [0.15, 0.2) is 17.6 Å². The summed E-state index contributed by atoms with van der Waals surface area (Å²) in [6, 6.07) is 0. The molecule has 0 unspecified atom stereocenters. The number of aromatic nitrogens is 4. The molecule has 3 rings (SSSR count). The van der Waals surface area contributed by atoms with Crippen LogP contribution in [0.5, 0.6) is 5.88 Å². The first kappa shape index (κ1) is 14.8. The number of hydrogen-bond acceptors (Lipinski definition) is 10. The van der Waals surface area contributed by atoms with Gasteiger partial charge >= 0.3 is 0 Å². The minimum Gasteiger partial charge on any atom is -0.479 e. The summed E-state index contributed by atoms with van der Waals surface area (Å²) in [5.41, 5.74) is 0.779. The molecule has 4 atom stereocenters. The molecule has 0 bridgehead atoms. The van der Waals surface area contributed by atoms with Crippen molar-refractivity contribution in [3.05, 3.63) is 12.7 Å². The number of nitrogens with one attached hydrogen (secondary N) is 1. The van der Waals surface area contributed by atoms with Gasteiger partial charge in [0, 0.05) is 0 Å². The highest BCUT2D eigenvalue weighted by Gasteiger charge is 2.42. The van der Waals surface area contributed by atoms with Crippen LogP contribution < -0.4 is 10.1 Å². The Morgan fingerprint density at radius 1 is 1.14 bits per heavy atom. The van der Waals surface area contributed by atoms with Crippen LogP contribution in [0, 0.1) is 0 Å². The van der Waals surface area contributed by atoms with Gasteiger partial charge in [0.1, 0.15) is 36.5 Å². The summed E-state index contributed by atoms with van der Waals surface area (Å²) in [7, 11) is 1.46. The summed E-state index contributed by atoms with van der Waals surface area (Å²) < 4.78 is 10.5. The van der Waals surface area contributed by atoms with Crippen LogP contribution in [0.2, 0.25) is 0 Å². The molecule has 1 aliphatic rings. The first-order valence-electron chi connectivity index (χ1n) is 6.54. The van der Waals surface area contributed by atoms with Gasteiger partial charge in [-0.2, -0.15) is 4.98 Å². The maximum Gasteiger partial charge on any atom is 0.243 e. The first-order valence-corrected chi connectivity index (χ1v) is 6.54. The Balaban J connectivity index is 1.92. The van der Waals surface area contributed by atoms with Crippen LogP contribution in [0.4, 0.5) is 5.82 Å². The zero-order chi connectivity index (χ0) is 15.7. The van der Waals surface area contributed by atoms with Crippen LogP contribution >= 0.6 is 0 Å². The molecule has 10 nitrogen and oxygen atoms in total. The summed E-state index contributed by atoms with van der Waals surface area (Å²) in [4.78, 5) is 16.1. The van der Waals surface area contributed by atoms with Gasteiger partial charge in [0.05, 0.1) is 13.7 Å². The summed E-state index contributed by atoms with van der Waals surface area (Å²) in [5.74, 6) is 0.581. The van der Waals surface area contributed by atoms with Crippen molar-refractivity contribution in [2.45, 2.75) is 24.5 Å². The van der Waals surface area contributed by atoms with Gasteiger partial charge < -0.3 is 30.1 Å². The van der Waals surface area contributed by atoms with Crippen molar-refractivity contribution in [2.75, 3.05) is 19.0 Å². The molecule has 1 aliphatic heterocycles. The van der Waals surface area contributed by atoms with Crippen LogP contribution in [0.25, 0.3) is 11.0 Å². The Bertz CT molecular complexity index is 671. The van der Waals surface area contributed by atoms with Crippen molar-refractivity contribution < 1.29 is 24.8 Å². The van der Waals surface area contributed by atoms with Gasteiger partial charge in [-0.15, -0.1) is 0 Å². The average Bonchev–Trinajstić information content (AvgIpc) is 2.82. The molecule has 2 aromatic rings. The van der Waals surface area contributed by atoms with E-state index in [0.717, 1.165) is 0 Å². The van der Waals surface area contributed by atoms with E-state index in [-0.39, 0.29) is 5.88 Å². The van der Waals surface area contributed by atoms with E-state index >= 15 is 0 Å². The molecule has 0 aliphatic carbocycles. The third-order valence-corrected chi connectivity index (χ3v) is 3.40. The summed E-state index contributed by atoms with van der Waals surface area (Å²) in [6.45, 7) is -0.406. The number of anilines is 1. The Labute approximate surface area is 124 Å². The van der Waals surface area contributed by atoms with Crippen molar-refractivity contribution in [2.24, 2.45) is 0 Å². The number of rotatable bonds is 4. The van der Waals surface area contributed by atoms with Crippen molar-refractivity contribution in [3.63, 3.8) is 0 Å². The van der Waals surface area contributed by atoms with Gasteiger partial charge in [0.2, 0.25) is 5.88 Å². The third-order valence-electron chi connectivity index (χ3n) is 3.40. The standard InChI is InChI=1S/C12H15N5O5/c1-21-11-7-6(13-4-16-11)10(15-3-14-7)17-12-9(20)8(19)5(2-18)22-12/h3-5,8-9,12,18-20H,2H2,1H3,(H,14,15,17)/t5-,8+,9-,12-/m0/s1. The highest BCUT2D eigenvalue weighted by atomic mass is 16.6. The first-order chi connectivity index (χ1) is 10.7. The predicted octanol–water partition coefficient (Wildman–Crippen LogP) is -1.72. The fourth-order valence-corrected chi connectivity index (χ4v) is 2.27. The summed E-state index contributed by atoms with van der Waals surface area (Å²) in [5, 5.41) is 31.6. The molecule has 118 valence electrons. The van der Waals surface area contributed by atoms with Crippen molar-refractivity contribution in [1.29, 1.82) is 0 Å². The molecule has 0 spiro atoms. The van der Waals surface area contributed by atoms with Gasteiger partial charge in [-0.1, -0.05) is 0 Å². The van der Waals surface area contributed by atoms with E-state index in [4.69, 9.17) is 14.6 Å². The minimum absolute atomic E-state index is 0.289. The monoisotopic (exact) mass is 309 g/mol. The number of fused-ring (bicyclic) bond motifs is 1. The summed E-state index contributed by atoms with van der Waals surface area (Å²) in [6.07, 6.45) is -1.63. The largest absolute Gasteiger partial charge is 0.479 e. The molecule has 0 amide bonds. The van der Waals surface area contributed by atoms with Gasteiger partial charge in [0.25, 0.3) is 0 Å². The highest BCUT2D eigenvalue weighted by Crippen LogP contribution is 2.26. The molecule has 0 aromatic carbocycles. The average molecular weight is 309 g/mol. The van der Waals surface area contributed by atoms with E-state index in [1.165, 1.54) is 19.8 Å². The molecule has 4 N–H and O–H groups in total. The molecule has 10 heteroatoms. The molecule has 22 heavy (non-hydrogen) atoms. The van der Waals surface area contributed by atoms with E-state index < -0.39 is 31.1 Å². The van der Waals surface area contributed by atoms with Gasteiger partial charge in [-0.25, -0.2) is 15.0 Å². The zero-order valence-electron chi connectivity index (χ0n) is 11.6. The fraction of sp³-hybridized carbons (Fsp3) is 0.500. The van der Waals surface area contributed by atoms with Gasteiger partial charge in [-0.3, -0.25) is 0 Å². The van der Waals surface area contributed by atoms with E-state index in [2.05, 4.69) is 25.3 Å². The molecule has 1 fully saturated rings. The Morgan fingerprint density at radius 3 is 2.55 bits per heavy atom. The second-order valence-corrected chi connectivity index (χ2v) is 4.71. The van der Waals surface area contributed by atoms with Crippen LogP contribution in [-0.2, 0) is 4.74 Å². The zero-order valence-corrected chi connectivity index (χ0v) is 11.6. The number of nitrogens with zero attached hydrogens (tertiary/aromatic N) is 4. The Kier molecular flexibility index (Phi) is 3.98. The number of methoxy groups -OCH3 is 1. The lowest BCUT2D eigenvalue weighted by molar-refractivity contribution is -0.0153. The molecule has 0 saturated carbocycles. The number of ether oxygens (including phenoxy) is 2. The topological polar surface area (TPSA) is 143 Å². The van der Waals surface area contributed by atoms with Crippen LogP contribution in [0.15, 0.2) is 12.7 Å². The molecule has 3 heterocycles. The van der Waals surface area contributed by atoms with Crippen LogP contribution in [0.1, 0.15) is 0 Å². The molecule has 0 radical (unpaired) electrons. The Morgan fingerprint density at radius 2 is 1.86 bits per heavy atom. The SMILES string of the molecule is COc1ncnc2c(N[C@H]3O[C@@H](CO)[C@@H](O)[C@@H]3O)ncnc12. The summed E-state index contributed by atoms with van der Waals surface area (Å²) >= 11 is 0. The number of aliphatic hydroxyl groups is 3. The van der Waals surface area contributed by atoms with Crippen LogP contribution in [0.3, 0.4) is 0 Å². The molecular formula is C12H15N5O5. The van der Waals surface area contributed by atoms with Crippen molar-refractivity contribution in [1.82, 2.24) is 19.9 Å². The smallest absolute Gasteiger partial charge is 0.243 e. The number of hydrogen-bond donors (Lipinski definition) is 4. The normalized spacial score (nSPS) is 28.0. The van der Waals surface area contributed by atoms with Crippen molar-refractivity contribution in [3.8, 4) is 5.88 Å². The lowest BCUT2D eigenvalue weighted by Crippen LogP contribution is -2.36. The van der Waals surface area contributed by atoms with E-state index in [1.807, 2.05) is 0 Å². The van der Waals surface area contributed by atoms with Crippen LogP contribution in [-0.4, -0.2) is 73.5 Å². The van der Waals surface area contributed by atoms with E-state index in [1.54, 1.807) is 0 Å². The predicted molar refractivity (Wildman–Crippen MR) is 73.1 cm³/mol. The van der Waals surface area contributed by atoms with E-state index in [9.17, 15) is 10.2 Å².